The maximum atomic E-state index is 12.0. The number of halogens is 6. The zero-order valence-corrected chi connectivity index (χ0v) is 9.84. The van der Waals surface area contributed by atoms with Gasteiger partial charge in [0.25, 0.3) is 0 Å². The molecular formula is C9H14F6OS. The minimum atomic E-state index is -5.41. The van der Waals surface area contributed by atoms with Crippen molar-refractivity contribution >= 4 is 12.6 Å². The maximum Gasteiger partial charge on any atom is 0.423 e. The van der Waals surface area contributed by atoms with Gasteiger partial charge in [-0.3, -0.25) is 0 Å². The Morgan fingerprint density at radius 3 is 1.71 bits per heavy atom. The van der Waals surface area contributed by atoms with E-state index in [4.69, 9.17) is 0 Å². The Hall–Kier alpha value is -0.110. The summed E-state index contributed by atoms with van der Waals surface area (Å²) >= 11 is 3.93. The molecule has 0 fully saturated rings. The lowest BCUT2D eigenvalue weighted by atomic mass is 10.2. The number of alkyl halides is 6. The normalized spacial score (nSPS) is 13.4. The largest absolute Gasteiger partial charge is 0.423 e. The Morgan fingerprint density at radius 1 is 0.824 bits per heavy atom. The highest BCUT2D eigenvalue weighted by atomic mass is 32.1. The first-order valence-corrected chi connectivity index (χ1v) is 5.68. The standard InChI is InChI=1S/C9H14F6OS/c10-8(11,12)7(9(13,14)15)16-5-3-1-2-4-6-17/h7,17H,1-6H2. The molecule has 0 spiro atoms. The van der Waals surface area contributed by atoms with Crippen molar-refractivity contribution in [1.29, 1.82) is 0 Å². The number of rotatable bonds is 7. The van der Waals surface area contributed by atoms with Crippen molar-refractivity contribution in [3.05, 3.63) is 0 Å². The van der Waals surface area contributed by atoms with Gasteiger partial charge in [-0.25, -0.2) is 0 Å². The summed E-state index contributed by atoms with van der Waals surface area (Å²) in [7, 11) is 0. The topological polar surface area (TPSA) is 9.23 Å². The van der Waals surface area contributed by atoms with Gasteiger partial charge in [0.2, 0.25) is 6.10 Å². The van der Waals surface area contributed by atoms with Crippen LogP contribution in [0.1, 0.15) is 25.7 Å². The van der Waals surface area contributed by atoms with Crippen LogP contribution in [0.25, 0.3) is 0 Å². The van der Waals surface area contributed by atoms with Gasteiger partial charge in [0, 0.05) is 6.61 Å². The summed E-state index contributed by atoms with van der Waals surface area (Å²) in [4.78, 5) is 0. The second-order valence-corrected chi connectivity index (χ2v) is 3.92. The van der Waals surface area contributed by atoms with Gasteiger partial charge in [0.05, 0.1) is 0 Å². The quantitative estimate of drug-likeness (QED) is 0.422. The molecule has 8 heteroatoms. The summed E-state index contributed by atoms with van der Waals surface area (Å²) < 4.78 is 75.8. The van der Waals surface area contributed by atoms with Crippen LogP contribution in [0.5, 0.6) is 0 Å². The highest BCUT2D eigenvalue weighted by molar-refractivity contribution is 7.80. The van der Waals surface area contributed by atoms with Crippen molar-refractivity contribution in [3.63, 3.8) is 0 Å². The van der Waals surface area contributed by atoms with E-state index in [-0.39, 0.29) is 6.42 Å². The molecule has 0 bridgehead atoms. The predicted octanol–water partition coefficient (Wildman–Crippen LogP) is 3.99. The lowest BCUT2D eigenvalue weighted by molar-refractivity contribution is -0.321. The van der Waals surface area contributed by atoms with Crippen molar-refractivity contribution in [1.82, 2.24) is 0 Å². The SMILES string of the molecule is FC(F)(F)C(OCCCCCCS)C(F)(F)F. The fourth-order valence-corrected chi connectivity index (χ4v) is 1.37. The summed E-state index contributed by atoms with van der Waals surface area (Å²) in [5.41, 5.74) is 0. The second kappa shape index (κ2) is 7.35. The number of thiol groups is 1. The van der Waals surface area contributed by atoms with Crippen molar-refractivity contribution in [3.8, 4) is 0 Å². The highest BCUT2D eigenvalue weighted by Gasteiger charge is 2.57. The first-order valence-electron chi connectivity index (χ1n) is 5.05. The Balaban J connectivity index is 3.95. The third-order valence-electron chi connectivity index (χ3n) is 1.93. The number of ether oxygens (including phenoxy) is 1. The van der Waals surface area contributed by atoms with E-state index >= 15 is 0 Å². The van der Waals surface area contributed by atoms with Gasteiger partial charge in [0.15, 0.2) is 0 Å². The molecule has 104 valence electrons. The van der Waals surface area contributed by atoms with Crippen LogP contribution >= 0.6 is 12.6 Å². The van der Waals surface area contributed by atoms with Crippen LogP contribution in [0, 0.1) is 0 Å². The van der Waals surface area contributed by atoms with E-state index in [1.54, 1.807) is 0 Å². The van der Waals surface area contributed by atoms with Crippen molar-refractivity contribution < 1.29 is 31.1 Å². The van der Waals surface area contributed by atoms with Crippen LogP contribution in [-0.2, 0) is 4.74 Å². The van der Waals surface area contributed by atoms with Gasteiger partial charge in [-0.05, 0) is 18.6 Å². The average Bonchev–Trinajstić information content (AvgIpc) is 2.12. The third kappa shape index (κ3) is 7.75. The van der Waals surface area contributed by atoms with E-state index < -0.39 is 25.1 Å². The van der Waals surface area contributed by atoms with Crippen LogP contribution in [0.4, 0.5) is 26.3 Å². The summed E-state index contributed by atoms with van der Waals surface area (Å²) in [6.07, 6.45) is -12.3. The molecule has 0 heterocycles. The molecule has 0 aliphatic heterocycles. The van der Waals surface area contributed by atoms with Gasteiger partial charge >= 0.3 is 12.4 Å². The van der Waals surface area contributed by atoms with Crippen LogP contribution in [0.2, 0.25) is 0 Å². The van der Waals surface area contributed by atoms with Gasteiger partial charge in [-0.1, -0.05) is 12.8 Å². The molecule has 0 aromatic heterocycles. The Bertz CT molecular complexity index is 189. The molecule has 0 saturated carbocycles. The Labute approximate surface area is 101 Å². The molecule has 0 rings (SSSR count). The molecule has 0 aromatic carbocycles. The maximum absolute atomic E-state index is 12.0. The number of unbranched alkanes of at least 4 members (excludes halogenated alkanes) is 3. The summed E-state index contributed by atoms with van der Waals surface area (Å²) in [5.74, 6) is 0.647. The smallest absolute Gasteiger partial charge is 0.361 e. The first kappa shape index (κ1) is 16.9. The van der Waals surface area contributed by atoms with Crippen molar-refractivity contribution in [2.75, 3.05) is 12.4 Å². The zero-order valence-electron chi connectivity index (χ0n) is 8.94. The highest BCUT2D eigenvalue weighted by Crippen LogP contribution is 2.35. The average molecular weight is 284 g/mol. The van der Waals surface area contributed by atoms with Crippen LogP contribution in [0.3, 0.4) is 0 Å². The molecule has 0 aliphatic rings. The van der Waals surface area contributed by atoms with E-state index in [0.717, 1.165) is 12.8 Å². The molecule has 17 heavy (non-hydrogen) atoms. The van der Waals surface area contributed by atoms with E-state index in [2.05, 4.69) is 17.4 Å². The van der Waals surface area contributed by atoms with Crippen LogP contribution in [-0.4, -0.2) is 30.8 Å². The molecule has 0 unspecified atom stereocenters. The fourth-order valence-electron chi connectivity index (χ4n) is 1.14. The van der Waals surface area contributed by atoms with Gasteiger partial charge in [-0.15, -0.1) is 0 Å². The zero-order chi connectivity index (χ0) is 13.5. The number of hydrogen-bond donors (Lipinski definition) is 1. The molecular weight excluding hydrogens is 270 g/mol. The molecule has 0 aliphatic carbocycles. The van der Waals surface area contributed by atoms with Gasteiger partial charge in [-0.2, -0.15) is 39.0 Å². The number of hydrogen-bond acceptors (Lipinski definition) is 2. The fraction of sp³-hybridized carbons (Fsp3) is 1.00. The summed E-state index contributed by atoms with van der Waals surface area (Å²) in [6, 6.07) is 0. The predicted molar refractivity (Wildman–Crippen MR) is 54.2 cm³/mol. The van der Waals surface area contributed by atoms with Crippen LogP contribution in [0.15, 0.2) is 0 Å². The Morgan fingerprint density at radius 2 is 1.29 bits per heavy atom. The van der Waals surface area contributed by atoms with E-state index in [1.165, 1.54) is 0 Å². The summed E-state index contributed by atoms with van der Waals surface area (Å²) in [5, 5.41) is 0. The summed E-state index contributed by atoms with van der Waals surface area (Å²) in [6.45, 7) is -0.545. The van der Waals surface area contributed by atoms with Crippen molar-refractivity contribution in [2.45, 2.75) is 44.1 Å². The molecule has 0 aromatic rings. The van der Waals surface area contributed by atoms with Crippen molar-refractivity contribution in [2.24, 2.45) is 0 Å². The molecule has 0 amide bonds. The molecule has 0 N–H and O–H groups in total. The monoisotopic (exact) mass is 284 g/mol. The minimum Gasteiger partial charge on any atom is -0.361 e. The second-order valence-electron chi connectivity index (χ2n) is 3.47. The lowest BCUT2D eigenvalue weighted by Crippen LogP contribution is -2.44. The minimum absolute atomic E-state index is 0.177. The third-order valence-corrected chi connectivity index (χ3v) is 2.25. The van der Waals surface area contributed by atoms with E-state index in [9.17, 15) is 26.3 Å². The van der Waals surface area contributed by atoms with Crippen LogP contribution < -0.4 is 0 Å². The van der Waals surface area contributed by atoms with E-state index in [0.29, 0.717) is 12.2 Å². The van der Waals surface area contributed by atoms with Gasteiger partial charge in [0.1, 0.15) is 0 Å². The Kier molecular flexibility index (Phi) is 7.30. The molecule has 0 atom stereocenters. The van der Waals surface area contributed by atoms with Gasteiger partial charge < -0.3 is 4.74 Å². The first-order chi connectivity index (χ1) is 7.69. The molecule has 0 radical (unpaired) electrons. The molecule has 0 saturated heterocycles. The molecule has 1 nitrogen and oxygen atoms in total. The lowest BCUT2D eigenvalue weighted by Gasteiger charge is -2.23. The van der Waals surface area contributed by atoms with E-state index in [1.807, 2.05) is 0 Å².